The van der Waals surface area contributed by atoms with Crippen LogP contribution in [0, 0.1) is 0 Å². The summed E-state index contributed by atoms with van der Waals surface area (Å²) in [4.78, 5) is 0. The van der Waals surface area contributed by atoms with Crippen molar-refractivity contribution < 1.29 is 19.8 Å². The Bertz CT molecular complexity index is 214. The van der Waals surface area contributed by atoms with E-state index in [1.165, 1.54) is 0 Å². The van der Waals surface area contributed by atoms with E-state index < -0.39 is 12.2 Å². The number of rotatable bonds is 10. The summed E-state index contributed by atoms with van der Waals surface area (Å²) in [5.74, 6) is 0.0560. The predicted octanol–water partition coefficient (Wildman–Crippen LogP) is -0.875. The van der Waals surface area contributed by atoms with Crippen molar-refractivity contribution in [3.05, 3.63) is 0 Å². The molecule has 7 heteroatoms. The van der Waals surface area contributed by atoms with Gasteiger partial charge in [0.05, 0.1) is 19.3 Å². The van der Waals surface area contributed by atoms with Gasteiger partial charge in [-0.05, 0) is 19.9 Å². The summed E-state index contributed by atoms with van der Waals surface area (Å²) in [5, 5.41) is 23.7. The number of hydrogen-bond acceptors (Lipinski definition) is 6. The molecule has 0 fully saturated rings. The van der Waals surface area contributed by atoms with E-state index in [0.717, 1.165) is 0 Å². The van der Waals surface area contributed by atoms with Gasteiger partial charge in [-0.25, -0.2) is 0 Å². The van der Waals surface area contributed by atoms with E-state index in [1.54, 1.807) is 14.0 Å². The zero-order valence-corrected chi connectivity index (χ0v) is 10.4. The lowest BCUT2D eigenvalue weighted by atomic mass is 10.3. The highest BCUT2D eigenvalue weighted by molar-refractivity contribution is 5.83. The van der Waals surface area contributed by atoms with Gasteiger partial charge in [-0.1, -0.05) is 5.16 Å². The quantitative estimate of drug-likeness (QED) is 0.132. The lowest BCUT2D eigenvalue weighted by molar-refractivity contribution is 0.0584. The number of ether oxygens (including phenoxy) is 2. The van der Waals surface area contributed by atoms with Crippen molar-refractivity contribution in [1.29, 1.82) is 0 Å². The Kier molecular flexibility index (Phi) is 9.74. The highest BCUT2D eigenvalue weighted by atomic mass is 16.5. The van der Waals surface area contributed by atoms with Crippen molar-refractivity contribution in [3.8, 4) is 0 Å². The summed E-state index contributed by atoms with van der Waals surface area (Å²) in [5.41, 5.74) is 5.34. The second-order valence-corrected chi connectivity index (χ2v) is 3.69. The number of oxime groups is 1. The van der Waals surface area contributed by atoms with Crippen molar-refractivity contribution in [2.45, 2.75) is 25.6 Å². The van der Waals surface area contributed by atoms with Crippen LogP contribution in [0.2, 0.25) is 0 Å². The highest BCUT2D eigenvalue weighted by Crippen LogP contribution is 1.91. The predicted molar refractivity (Wildman–Crippen MR) is 64.2 cm³/mol. The van der Waals surface area contributed by atoms with Crippen LogP contribution in [-0.4, -0.2) is 61.8 Å². The number of nitrogens with two attached hydrogens (primary N) is 1. The maximum absolute atomic E-state index is 9.34. The van der Waals surface area contributed by atoms with Gasteiger partial charge in [0.1, 0.15) is 6.10 Å². The zero-order valence-electron chi connectivity index (χ0n) is 10.4. The highest BCUT2D eigenvalue weighted by Gasteiger charge is 2.07. The maximum atomic E-state index is 9.34. The van der Waals surface area contributed by atoms with Crippen molar-refractivity contribution in [2.75, 3.05) is 33.4 Å². The molecule has 0 aromatic heterocycles. The monoisotopic (exact) mass is 249 g/mol. The van der Waals surface area contributed by atoms with Crippen molar-refractivity contribution in [2.24, 2.45) is 10.9 Å². The van der Waals surface area contributed by atoms with Crippen LogP contribution in [0.5, 0.6) is 0 Å². The Balaban J connectivity index is 3.35. The van der Waals surface area contributed by atoms with Gasteiger partial charge in [0.15, 0.2) is 5.84 Å². The van der Waals surface area contributed by atoms with Gasteiger partial charge in [0.2, 0.25) is 0 Å². The van der Waals surface area contributed by atoms with Crippen LogP contribution in [0.15, 0.2) is 5.16 Å². The maximum Gasteiger partial charge on any atom is 0.168 e. The average molecular weight is 249 g/mol. The van der Waals surface area contributed by atoms with Gasteiger partial charge in [-0.2, -0.15) is 0 Å². The van der Waals surface area contributed by atoms with Gasteiger partial charge in [-0.15, -0.1) is 0 Å². The Labute approximate surface area is 102 Å². The molecule has 7 nitrogen and oxygen atoms in total. The van der Waals surface area contributed by atoms with Gasteiger partial charge in [0.25, 0.3) is 0 Å². The number of aliphatic hydroxyl groups is 1. The standard InChI is InChI=1S/C10H23N3O4/c1-8(10(11)13-15)17-6-5-12-4-3-9(14)7-16-2/h8-9,12,14-15H,3-7H2,1-2H3,(H2,11,13). The summed E-state index contributed by atoms with van der Waals surface area (Å²) >= 11 is 0. The molecule has 0 amide bonds. The van der Waals surface area contributed by atoms with E-state index in [-0.39, 0.29) is 5.84 Å². The number of aliphatic hydroxyl groups excluding tert-OH is 1. The average Bonchev–Trinajstić information content (AvgIpc) is 2.32. The summed E-state index contributed by atoms with van der Waals surface area (Å²) in [6, 6.07) is 0. The molecule has 0 radical (unpaired) electrons. The topological polar surface area (TPSA) is 109 Å². The number of hydrogen-bond donors (Lipinski definition) is 4. The first-order chi connectivity index (χ1) is 8.11. The first kappa shape index (κ1) is 16.1. The SMILES string of the molecule is COCC(O)CCNCCOC(C)C(N)=NO. The minimum Gasteiger partial charge on any atom is -0.409 e. The number of amidine groups is 1. The lowest BCUT2D eigenvalue weighted by Crippen LogP contribution is -2.32. The summed E-state index contributed by atoms with van der Waals surface area (Å²) < 4.78 is 10.1. The zero-order chi connectivity index (χ0) is 13.1. The van der Waals surface area contributed by atoms with E-state index in [4.69, 9.17) is 20.4 Å². The number of nitrogens with zero attached hydrogens (tertiary/aromatic N) is 1. The Morgan fingerprint density at radius 3 is 2.76 bits per heavy atom. The molecule has 0 aliphatic rings. The largest absolute Gasteiger partial charge is 0.409 e. The second kappa shape index (κ2) is 10.3. The van der Waals surface area contributed by atoms with E-state index in [9.17, 15) is 5.11 Å². The van der Waals surface area contributed by atoms with Crippen LogP contribution in [0.4, 0.5) is 0 Å². The Hall–Kier alpha value is -0.890. The second-order valence-electron chi connectivity index (χ2n) is 3.69. The molecule has 0 saturated carbocycles. The molecule has 0 aliphatic heterocycles. The van der Waals surface area contributed by atoms with Gasteiger partial charge < -0.3 is 30.8 Å². The fourth-order valence-electron chi connectivity index (χ4n) is 1.14. The molecular formula is C10H23N3O4. The third-order valence-electron chi connectivity index (χ3n) is 2.19. The molecule has 0 bridgehead atoms. The molecule has 17 heavy (non-hydrogen) atoms. The molecule has 2 unspecified atom stereocenters. The van der Waals surface area contributed by atoms with E-state index >= 15 is 0 Å². The fraction of sp³-hybridized carbons (Fsp3) is 0.900. The molecular weight excluding hydrogens is 226 g/mol. The number of nitrogens with one attached hydrogen (secondary N) is 1. The normalized spacial score (nSPS) is 15.8. The fourth-order valence-corrected chi connectivity index (χ4v) is 1.14. The molecule has 0 aromatic rings. The molecule has 2 atom stereocenters. The molecule has 0 heterocycles. The molecule has 0 spiro atoms. The molecule has 0 rings (SSSR count). The van der Waals surface area contributed by atoms with E-state index in [0.29, 0.717) is 32.7 Å². The van der Waals surface area contributed by atoms with Crippen LogP contribution in [0.25, 0.3) is 0 Å². The molecule has 0 aliphatic carbocycles. The minimum absolute atomic E-state index is 0.0560. The number of methoxy groups -OCH3 is 1. The van der Waals surface area contributed by atoms with Gasteiger partial charge in [-0.3, -0.25) is 0 Å². The van der Waals surface area contributed by atoms with Crippen LogP contribution >= 0.6 is 0 Å². The Morgan fingerprint density at radius 1 is 1.47 bits per heavy atom. The molecule has 102 valence electrons. The first-order valence-corrected chi connectivity index (χ1v) is 5.58. The van der Waals surface area contributed by atoms with Crippen molar-refractivity contribution >= 4 is 5.84 Å². The first-order valence-electron chi connectivity index (χ1n) is 5.58. The third-order valence-corrected chi connectivity index (χ3v) is 2.19. The lowest BCUT2D eigenvalue weighted by Gasteiger charge is -2.12. The smallest absolute Gasteiger partial charge is 0.168 e. The van der Waals surface area contributed by atoms with Crippen molar-refractivity contribution in [1.82, 2.24) is 5.32 Å². The van der Waals surface area contributed by atoms with E-state index in [2.05, 4.69) is 10.5 Å². The van der Waals surface area contributed by atoms with Crippen LogP contribution in [-0.2, 0) is 9.47 Å². The summed E-state index contributed by atoms with van der Waals surface area (Å²) in [7, 11) is 1.55. The van der Waals surface area contributed by atoms with Crippen molar-refractivity contribution in [3.63, 3.8) is 0 Å². The van der Waals surface area contributed by atoms with E-state index in [1.807, 2.05) is 0 Å². The molecule has 0 saturated heterocycles. The van der Waals surface area contributed by atoms with Crippen LogP contribution in [0.1, 0.15) is 13.3 Å². The molecule has 5 N–H and O–H groups in total. The molecule has 0 aromatic carbocycles. The van der Waals surface area contributed by atoms with Crippen LogP contribution < -0.4 is 11.1 Å². The van der Waals surface area contributed by atoms with Crippen LogP contribution in [0.3, 0.4) is 0 Å². The van der Waals surface area contributed by atoms with Gasteiger partial charge >= 0.3 is 0 Å². The van der Waals surface area contributed by atoms with Gasteiger partial charge in [0, 0.05) is 13.7 Å². The summed E-state index contributed by atoms with van der Waals surface area (Å²) in [6.07, 6.45) is -0.214. The summed E-state index contributed by atoms with van der Waals surface area (Å²) in [6.45, 7) is 3.84. The third kappa shape index (κ3) is 8.87. The minimum atomic E-state index is -0.440. The Morgan fingerprint density at radius 2 is 2.18 bits per heavy atom.